The van der Waals surface area contributed by atoms with Crippen LogP contribution in [-0.4, -0.2) is 29.0 Å². The minimum absolute atomic E-state index is 0.0988. The molecule has 1 aliphatic rings. The predicted molar refractivity (Wildman–Crippen MR) is 107 cm³/mol. The van der Waals surface area contributed by atoms with Crippen molar-refractivity contribution in [3.8, 4) is 11.4 Å². The highest BCUT2D eigenvalue weighted by molar-refractivity contribution is 5.95. The highest BCUT2D eigenvalue weighted by Crippen LogP contribution is 2.34. The van der Waals surface area contributed by atoms with E-state index in [4.69, 9.17) is 4.74 Å². The van der Waals surface area contributed by atoms with Crippen molar-refractivity contribution in [3.63, 3.8) is 0 Å². The first-order chi connectivity index (χ1) is 13.2. The Hall–Kier alpha value is -3.01. The van der Waals surface area contributed by atoms with Crippen molar-refractivity contribution in [2.45, 2.75) is 25.8 Å². The molecule has 0 N–H and O–H groups in total. The van der Waals surface area contributed by atoms with Crippen molar-refractivity contribution in [1.29, 1.82) is 0 Å². The molecule has 0 saturated carbocycles. The first-order valence-corrected chi connectivity index (χ1v) is 9.36. The summed E-state index contributed by atoms with van der Waals surface area (Å²) in [5.74, 6) is 0.936. The summed E-state index contributed by atoms with van der Waals surface area (Å²) in [5, 5.41) is 0. The van der Waals surface area contributed by atoms with Gasteiger partial charge in [0.2, 0.25) is 0 Å². The number of rotatable bonds is 4. The second-order valence-corrected chi connectivity index (χ2v) is 7.02. The number of methoxy groups -OCH3 is 1. The quantitative estimate of drug-likeness (QED) is 0.671. The van der Waals surface area contributed by atoms with E-state index in [0.717, 1.165) is 42.0 Å². The Kier molecular flexibility index (Phi) is 4.71. The zero-order valence-electron chi connectivity index (χ0n) is 15.8. The van der Waals surface area contributed by atoms with E-state index in [-0.39, 0.29) is 11.9 Å². The molecule has 4 nitrogen and oxygen atoms in total. The van der Waals surface area contributed by atoms with Crippen molar-refractivity contribution in [2.24, 2.45) is 0 Å². The molecule has 1 atom stereocenters. The zero-order valence-corrected chi connectivity index (χ0v) is 15.8. The SMILES string of the molecule is COc1ccc(C2CCCN2C(=O)c2ccc(C)c(-n3cccc3)c2)cc1. The summed E-state index contributed by atoms with van der Waals surface area (Å²) < 4.78 is 7.30. The number of aryl methyl sites for hydroxylation is 1. The van der Waals surface area contributed by atoms with Gasteiger partial charge in [0.25, 0.3) is 5.91 Å². The summed E-state index contributed by atoms with van der Waals surface area (Å²) in [7, 11) is 1.67. The first-order valence-electron chi connectivity index (χ1n) is 9.36. The number of nitrogens with zero attached hydrogens (tertiary/aromatic N) is 2. The van der Waals surface area contributed by atoms with Crippen LogP contribution in [0.3, 0.4) is 0 Å². The van der Waals surface area contributed by atoms with Gasteiger partial charge in [-0.2, -0.15) is 0 Å². The van der Waals surface area contributed by atoms with E-state index in [1.54, 1.807) is 7.11 Å². The third-order valence-corrected chi connectivity index (χ3v) is 5.35. The minimum Gasteiger partial charge on any atom is -0.497 e. The molecule has 1 aromatic heterocycles. The molecule has 2 heterocycles. The monoisotopic (exact) mass is 360 g/mol. The van der Waals surface area contributed by atoms with E-state index < -0.39 is 0 Å². The molecular weight excluding hydrogens is 336 g/mol. The lowest BCUT2D eigenvalue weighted by atomic mass is 10.0. The number of benzene rings is 2. The third-order valence-electron chi connectivity index (χ3n) is 5.35. The van der Waals surface area contributed by atoms with Crippen LogP contribution in [0.1, 0.15) is 40.4 Å². The van der Waals surface area contributed by atoms with Gasteiger partial charge in [0.15, 0.2) is 0 Å². The maximum atomic E-state index is 13.3. The molecule has 0 bridgehead atoms. The number of hydrogen-bond acceptors (Lipinski definition) is 2. The molecule has 0 radical (unpaired) electrons. The molecule has 0 aliphatic carbocycles. The van der Waals surface area contributed by atoms with Crippen LogP contribution in [0.5, 0.6) is 5.75 Å². The number of carbonyl (C=O) groups excluding carboxylic acids is 1. The van der Waals surface area contributed by atoms with Gasteiger partial charge in [-0.1, -0.05) is 18.2 Å². The summed E-state index contributed by atoms with van der Waals surface area (Å²) >= 11 is 0. The smallest absolute Gasteiger partial charge is 0.254 e. The van der Waals surface area contributed by atoms with Gasteiger partial charge in [-0.3, -0.25) is 4.79 Å². The molecule has 3 aromatic rings. The van der Waals surface area contributed by atoms with Gasteiger partial charge in [0.1, 0.15) is 5.75 Å². The van der Waals surface area contributed by atoms with Crippen LogP contribution in [0.15, 0.2) is 67.0 Å². The molecule has 0 spiro atoms. The van der Waals surface area contributed by atoms with E-state index in [9.17, 15) is 4.79 Å². The minimum atomic E-state index is 0.0988. The summed E-state index contributed by atoms with van der Waals surface area (Å²) in [6, 6.07) is 18.1. The number of amides is 1. The fourth-order valence-electron chi connectivity index (χ4n) is 3.86. The molecule has 27 heavy (non-hydrogen) atoms. The number of aromatic nitrogens is 1. The van der Waals surface area contributed by atoms with E-state index in [1.165, 1.54) is 5.56 Å². The molecule has 1 amide bonds. The second kappa shape index (κ2) is 7.31. The Labute approximate surface area is 160 Å². The number of carbonyl (C=O) groups is 1. The summed E-state index contributed by atoms with van der Waals surface area (Å²) in [6.07, 6.45) is 6.03. The number of ether oxygens (including phenoxy) is 1. The second-order valence-electron chi connectivity index (χ2n) is 7.02. The highest BCUT2D eigenvalue weighted by Gasteiger charge is 2.30. The molecule has 1 aliphatic heterocycles. The Morgan fingerprint density at radius 3 is 2.52 bits per heavy atom. The van der Waals surface area contributed by atoms with E-state index in [0.29, 0.717) is 0 Å². The maximum Gasteiger partial charge on any atom is 0.254 e. The van der Waals surface area contributed by atoms with Crippen molar-refractivity contribution in [1.82, 2.24) is 9.47 Å². The molecule has 1 fully saturated rings. The maximum absolute atomic E-state index is 13.3. The average molecular weight is 360 g/mol. The summed E-state index contributed by atoms with van der Waals surface area (Å²) in [5.41, 5.74) is 4.10. The van der Waals surface area contributed by atoms with Crippen LogP contribution >= 0.6 is 0 Å². The zero-order chi connectivity index (χ0) is 18.8. The van der Waals surface area contributed by atoms with Crippen LogP contribution in [0.2, 0.25) is 0 Å². The van der Waals surface area contributed by atoms with Crippen LogP contribution in [0.4, 0.5) is 0 Å². The standard InChI is InChI=1S/C23H24N2O2/c1-17-7-8-19(16-22(17)24-13-3-4-14-24)23(26)25-15-5-6-21(25)18-9-11-20(27-2)12-10-18/h3-4,7-14,16,21H,5-6,15H2,1-2H3. The molecule has 2 aromatic carbocycles. The van der Waals surface area contributed by atoms with Gasteiger partial charge in [-0.25, -0.2) is 0 Å². The van der Waals surface area contributed by atoms with Crippen LogP contribution in [0, 0.1) is 6.92 Å². The Bertz CT molecular complexity index is 930. The fourth-order valence-corrected chi connectivity index (χ4v) is 3.86. The predicted octanol–water partition coefficient (Wildman–Crippen LogP) is 4.77. The van der Waals surface area contributed by atoms with Gasteiger partial charge in [0, 0.05) is 30.2 Å². The molecule has 1 unspecified atom stereocenters. The van der Waals surface area contributed by atoms with Gasteiger partial charge >= 0.3 is 0 Å². The molecule has 4 rings (SSSR count). The molecule has 1 saturated heterocycles. The largest absolute Gasteiger partial charge is 0.497 e. The van der Waals surface area contributed by atoms with Crippen molar-refractivity contribution in [3.05, 3.63) is 83.7 Å². The van der Waals surface area contributed by atoms with E-state index >= 15 is 0 Å². The van der Waals surface area contributed by atoms with Crippen molar-refractivity contribution in [2.75, 3.05) is 13.7 Å². The lowest BCUT2D eigenvalue weighted by Crippen LogP contribution is -2.30. The first kappa shape index (κ1) is 17.4. The Morgan fingerprint density at radius 1 is 1.07 bits per heavy atom. The Morgan fingerprint density at radius 2 is 1.81 bits per heavy atom. The van der Waals surface area contributed by atoms with Crippen LogP contribution in [-0.2, 0) is 0 Å². The van der Waals surface area contributed by atoms with Gasteiger partial charge in [-0.05, 0) is 67.3 Å². The molecule has 138 valence electrons. The number of likely N-dealkylation sites (tertiary alicyclic amines) is 1. The molecule has 4 heteroatoms. The van der Waals surface area contributed by atoms with Gasteiger partial charge < -0.3 is 14.2 Å². The number of hydrogen-bond donors (Lipinski definition) is 0. The van der Waals surface area contributed by atoms with Crippen molar-refractivity contribution < 1.29 is 9.53 Å². The summed E-state index contributed by atoms with van der Waals surface area (Å²) in [4.78, 5) is 15.3. The normalized spacial score (nSPS) is 16.5. The lowest BCUT2D eigenvalue weighted by Gasteiger charge is -2.26. The van der Waals surface area contributed by atoms with Crippen molar-refractivity contribution >= 4 is 5.91 Å². The average Bonchev–Trinajstić information content (AvgIpc) is 3.40. The van der Waals surface area contributed by atoms with Crippen LogP contribution < -0.4 is 4.74 Å². The van der Waals surface area contributed by atoms with E-state index in [2.05, 4.69) is 23.6 Å². The lowest BCUT2D eigenvalue weighted by molar-refractivity contribution is 0.0735. The molecular formula is C23H24N2O2. The third kappa shape index (κ3) is 3.35. The summed E-state index contributed by atoms with van der Waals surface area (Å²) in [6.45, 7) is 2.86. The Balaban J connectivity index is 1.62. The topological polar surface area (TPSA) is 34.5 Å². The highest BCUT2D eigenvalue weighted by atomic mass is 16.5. The van der Waals surface area contributed by atoms with Gasteiger partial charge in [-0.15, -0.1) is 0 Å². The van der Waals surface area contributed by atoms with Gasteiger partial charge in [0.05, 0.1) is 13.2 Å². The fraction of sp³-hybridized carbons (Fsp3) is 0.261. The van der Waals surface area contributed by atoms with Crippen LogP contribution in [0.25, 0.3) is 5.69 Å². The van der Waals surface area contributed by atoms with E-state index in [1.807, 2.05) is 59.8 Å².